The van der Waals surface area contributed by atoms with Gasteiger partial charge in [-0.2, -0.15) is 0 Å². The highest BCUT2D eigenvalue weighted by molar-refractivity contribution is 7.90. The number of ether oxygens (including phenoxy) is 1. The zero-order valence-electron chi connectivity index (χ0n) is 23.1. The summed E-state index contributed by atoms with van der Waals surface area (Å²) < 4.78 is 32.3. The van der Waals surface area contributed by atoms with Crippen molar-refractivity contribution in [1.82, 2.24) is 9.32 Å². The molecule has 1 heterocycles. The monoisotopic (exact) mass is 630 g/mol. The van der Waals surface area contributed by atoms with Crippen LogP contribution in [0.1, 0.15) is 40.9 Å². The molecule has 1 aromatic heterocycles. The molecule has 0 atom stereocenters. The van der Waals surface area contributed by atoms with E-state index in [4.69, 9.17) is 28.1 Å². The van der Waals surface area contributed by atoms with Gasteiger partial charge in [-0.1, -0.05) is 48.0 Å². The Morgan fingerprint density at radius 3 is 2.22 bits per heavy atom. The van der Waals surface area contributed by atoms with Gasteiger partial charge in [0.2, 0.25) is 0 Å². The van der Waals surface area contributed by atoms with Crippen LogP contribution in [0, 0.1) is 0 Å². The highest BCUT2D eigenvalue weighted by Gasteiger charge is 2.33. The standard InChI is InChI=1S/C31H32Cl2N2O4S2/c1-34(33)23-11-13-24(14-12-23)35(31(36)30-29(32)26-6-4-5-7-28(26)40-30)19-22-18-21(10-17-27(22)39-2)20-8-15-25(16-9-20)41(3,37)38/h4-10,15-18,23-24H,11-14,19H2,1-3H3/t23-,24-. The largest absolute Gasteiger partial charge is 0.496 e. The van der Waals surface area contributed by atoms with Crippen LogP contribution in [0.5, 0.6) is 5.75 Å². The van der Waals surface area contributed by atoms with Crippen molar-refractivity contribution >= 4 is 60.5 Å². The van der Waals surface area contributed by atoms with Crippen molar-refractivity contribution in [2.24, 2.45) is 0 Å². The average Bonchev–Trinajstić information content (AvgIpc) is 3.31. The molecule has 0 saturated heterocycles. The van der Waals surface area contributed by atoms with Gasteiger partial charge in [-0.05, 0) is 78.9 Å². The van der Waals surface area contributed by atoms with Crippen LogP contribution in [0.25, 0.3) is 21.2 Å². The van der Waals surface area contributed by atoms with Gasteiger partial charge in [-0.25, -0.2) is 12.8 Å². The molecule has 1 aliphatic carbocycles. The van der Waals surface area contributed by atoms with E-state index in [1.807, 2.05) is 54.4 Å². The summed E-state index contributed by atoms with van der Waals surface area (Å²) in [6.07, 6.45) is 4.62. The summed E-state index contributed by atoms with van der Waals surface area (Å²) in [7, 11) is 0.208. The minimum atomic E-state index is -3.29. The summed E-state index contributed by atoms with van der Waals surface area (Å²) in [6.45, 7) is 0.341. The van der Waals surface area contributed by atoms with E-state index >= 15 is 0 Å². The number of benzene rings is 3. The van der Waals surface area contributed by atoms with Crippen molar-refractivity contribution in [1.29, 1.82) is 0 Å². The average molecular weight is 632 g/mol. The maximum atomic E-state index is 14.3. The molecule has 216 valence electrons. The molecular formula is C31H32Cl2N2O4S2. The summed E-state index contributed by atoms with van der Waals surface area (Å²) in [5.74, 6) is 0.583. The molecule has 10 heteroatoms. The van der Waals surface area contributed by atoms with E-state index in [1.165, 1.54) is 17.6 Å². The van der Waals surface area contributed by atoms with Crippen molar-refractivity contribution in [3.63, 3.8) is 0 Å². The lowest BCUT2D eigenvalue weighted by Crippen LogP contribution is -2.44. The van der Waals surface area contributed by atoms with Gasteiger partial charge in [0.15, 0.2) is 9.84 Å². The summed E-state index contributed by atoms with van der Waals surface area (Å²) in [6, 6.07) is 20.7. The third kappa shape index (κ3) is 6.42. The van der Waals surface area contributed by atoms with Crippen LogP contribution in [-0.2, 0) is 16.4 Å². The van der Waals surface area contributed by atoms with Crippen LogP contribution in [0.15, 0.2) is 71.6 Å². The number of rotatable bonds is 8. The van der Waals surface area contributed by atoms with Crippen LogP contribution < -0.4 is 4.74 Å². The van der Waals surface area contributed by atoms with E-state index in [0.29, 0.717) is 22.2 Å². The molecule has 0 N–H and O–H groups in total. The smallest absolute Gasteiger partial charge is 0.266 e. The first-order valence-corrected chi connectivity index (χ1v) is 16.8. The molecule has 1 aliphatic rings. The second-order valence-corrected chi connectivity index (χ2v) is 14.5. The molecule has 4 aromatic rings. The van der Waals surface area contributed by atoms with E-state index in [0.717, 1.165) is 52.5 Å². The van der Waals surface area contributed by atoms with E-state index in [2.05, 4.69) is 0 Å². The molecule has 41 heavy (non-hydrogen) atoms. The van der Waals surface area contributed by atoms with Gasteiger partial charge in [0.1, 0.15) is 10.6 Å². The van der Waals surface area contributed by atoms with Gasteiger partial charge < -0.3 is 9.64 Å². The molecule has 6 nitrogen and oxygen atoms in total. The number of amides is 1. The molecular weight excluding hydrogens is 599 g/mol. The van der Waals surface area contributed by atoms with E-state index < -0.39 is 9.84 Å². The molecule has 0 bridgehead atoms. The van der Waals surface area contributed by atoms with Crippen LogP contribution in [0.3, 0.4) is 0 Å². The number of halogens is 2. The molecule has 0 unspecified atom stereocenters. The SMILES string of the molecule is COc1ccc(-c2ccc(S(C)(=O)=O)cc2)cc1CN(C(=O)c1sc2ccccc2c1Cl)[C@H]1CC[C@H](N(C)Cl)CC1. The minimum Gasteiger partial charge on any atom is -0.496 e. The Morgan fingerprint density at radius 2 is 1.61 bits per heavy atom. The summed E-state index contributed by atoms with van der Waals surface area (Å²) in [5.41, 5.74) is 2.64. The van der Waals surface area contributed by atoms with Gasteiger partial charge in [-0.15, -0.1) is 11.3 Å². The zero-order chi connectivity index (χ0) is 29.3. The molecule has 0 radical (unpaired) electrons. The highest BCUT2D eigenvalue weighted by atomic mass is 35.5. The molecule has 1 fully saturated rings. The van der Waals surface area contributed by atoms with Crippen molar-refractivity contribution in [2.45, 2.75) is 49.2 Å². The fourth-order valence-corrected chi connectivity index (χ4v) is 7.83. The lowest BCUT2D eigenvalue weighted by molar-refractivity contribution is 0.0589. The van der Waals surface area contributed by atoms with Crippen LogP contribution in [0.4, 0.5) is 0 Å². The fourth-order valence-electron chi connectivity index (χ4n) is 5.53. The number of carbonyl (C=O) groups is 1. The first kappa shape index (κ1) is 29.9. The Bertz CT molecular complexity index is 1660. The number of hydrogen-bond donors (Lipinski definition) is 0. The molecule has 5 rings (SSSR count). The molecule has 0 aliphatic heterocycles. The number of nitrogens with zero attached hydrogens (tertiary/aromatic N) is 2. The lowest BCUT2D eigenvalue weighted by Gasteiger charge is -2.38. The minimum absolute atomic E-state index is 0.0130. The van der Waals surface area contributed by atoms with Crippen LogP contribution in [0.2, 0.25) is 5.02 Å². The van der Waals surface area contributed by atoms with Gasteiger partial charge in [-0.3, -0.25) is 4.79 Å². The number of hydrogen-bond acceptors (Lipinski definition) is 6. The van der Waals surface area contributed by atoms with Crippen molar-refractivity contribution in [3.05, 3.63) is 82.2 Å². The van der Waals surface area contributed by atoms with Crippen molar-refractivity contribution in [2.75, 3.05) is 20.4 Å². The third-order valence-corrected chi connectivity index (χ3v) is 10.9. The number of fused-ring (bicyclic) bond motifs is 1. The predicted octanol–water partition coefficient (Wildman–Crippen LogP) is 7.67. The maximum absolute atomic E-state index is 14.3. The Labute approximate surface area is 255 Å². The normalized spacial score (nSPS) is 17.6. The maximum Gasteiger partial charge on any atom is 0.266 e. The lowest BCUT2D eigenvalue weighted by atomic mass is 9.89. The number of thiophene rings is 1. The first-order chi connectivity index (χ1) is 19.6. The summed E-state index contributed by atoms with van der Waals surface area (Å²) >= 11 is 14.5. The van der Waals surface area contributed by atoms with Gasteiger partial charge in [0, 0.05) is 47.6 Å². The second-order valence-electron chi connectivity index (χ2n) is 10.5. The fraction of sp³-hybridized carbons (Fsp3) is 0.323. The molecule has 1 amide bonds. The number of carbonyl (C=O) groups excluding carboxylic acids is 1. The van der Waals surface area contributed by atoms with Crippen molar-refractivity contribution < 1.29 is 17.9 Å². The molecule has 3 aromatic carbocycles. The summed E-state index contributed by atoms with van der Waals surface area (Å²) in [4.78, 5) is 17.0. The molecule has 0 spiro atoms. The Morgan fingerprint density at radius 1 is 0.976 bits per heavy atom. The predicted molar refractivity (Wildman–Crippen MR) is 168 cm³/mol. The molecule has 1 saturated carbocycles. The van der Waals surface area contributed by atoms with Crippen molar-refractivity contribution in [3.8, 4) is 16.9 Å². The second kappa shape index (κ2) is 12.3. The van der Waals surface area contributed by atoms with Gasteiger partial charge in [0.25, 0.3) is 5.91 Å². The third-order valence-electron chi connectivity index (χ3n) is 7.84. The number of sulfone groups is 1. The highest BCUT2D eigenvalue weighted by Crippen LogP contribution is 2.39. The van der Waals surface area contributed by atoms with Gasteiger partial charge in [0.05, 0.1) is 17.0 Å². The number of methoxy groups -OCH3 is 1. The van der Waals surface area contributed by atoms with E-state index in [-0.39, 0.29) is 22.9 Å². The Kier molecular flexibility index (Phi) is 8.97. The quantitative estimate of drug-likeness (QED) is 0.187. The zero-order valence-corrected chi connectivity index (χ0v) is 26.3. The van der Waals surface area contributed by atoms with E-state index in [1.54, 1.807) is 35.8 Å². The first-order valence-electron chi connectivity index (χ1n) is 13.4. The Hall–Kier alpha value is -2.62. The summed E-state index contributed by atoms with van der Waals surface area (Å²) in [5, 5.41) is 1.37. The van der Waals surface area contributed by atoms with Crippen LogP contribution in [-0.4, -0.2) is 56.1 Å². The van der Waals surface area contributed by atoms with E-state index in [9.17, 15) is 13.2 Å². The van der Waals surface area contributed by atoms with Gasteiger partial charge >= 0.3 is 0 Å². The topological polar surface area (TPSA) is 66.9 Å². The Balaban J connectivity index is 1.51. The van der Waals surface area contributed by atoms with Crippen LogP contribution >= 0.6 is 34.7 Å².